The predicted octanol–water partition coefficient (Wildman–Crippen LogP) is 3.70. The molecule has 0 amide bonds. The lowest BCUT2D eigenvalue weighted by molar-refractivity contribution is 0.414. The van der Waals surface area contributed by atoms with Gasteiger partial charge in [0.2, 0.25) is 0 Å². The zero-order valence-electron chi connectivity index (χ0n) is 12.9. The summed E-state index contributed by atoms with van der Waals surface area (Å²) in [5.41, 5.74) is 1.04. The molecule has 0 saturated heterocycles. The maximum atomic E-state index is 12.9. The number of aromatic nitrogens is 1. The molecular weight excluding hydrogens is 352 g/mol. The minimum absolute atomic E-state index is 0.203. The highest BCUT2D eigenvalue weighted by Crippen LogP contribution is 2.31. The number of nitrogens with zero attached hydrogens (tertiary/aromatic N) is 2. The lowest BCUT2D eigenvalue weighted by Crippen LogP contribution is -2.15. The monoisotopic (exact) mass is 368 g/mol. The first-order chi connectivity index (χ1) is 10.9. The van der Waals surface area contributed by atoms with E-state index in [2.05, 4.69) is 4.90 Å². The zero-order valence-corrected chi connectivity index (χ0v) is 15.2. The first-order valence-electron chi connectivity index (χ1n) is 7.13. The topological polar surface area (TPSA) is 42.3 Å². The van der Waals surface area contributed by atoms with E-state index in [1.807, 2.05) is 25.5 Å². The molecule has 0 radical (unpaired) electrons. The average molecular weight is 369 g/mol. The smallest absolute Gasteiger partial charge is 0.268 e. The first kappa shape index (κ1) is 16.5. The van der Waals surface area contributed by atoms with Gasteiger partial charge in [-0.15, -0.1) is 11.3 Å². The number of halogens is 1. The van der Waals surface area contributed by atoms with Crippen LogP contribution in [0.1, 0.15) is 5.56 Å². The number of fused-ring (bicyclic) bond motifs is 1. The van der Waals surface area contributed by atoms with Gasteiger partial charge in [-0.05, 0) is 55.7 Å². The lowest BCUT2D eigenvalue weighted by Gasteiger charge is -2.08. The minimum atomic E-state index is -3.65. The van der Waals surface area contributed by atoms with Crippen LogP contribution in [0.2, 0.25) is 5.02 Å². The second-order valence-corrected chi connectivity index (χ2v) is 8.75. The summed E-state index contributed by atoms with van der Waals surface area (Å²) in [6, 6.07) is 8.35. The first-order valence-corrected chi connectivity index (χ1v) is 9.82. The highest BCUT2D eigenvalue weighted by molar-refractivity contribution is 7.90. The van der Waals surface area contributed by atoms with Crippen molar-refractivity contribution in [1.29, 1.82) is 0 Å². The van der Waals surface area contributed by atoms with E-state index < -0.39 is 10.0 Å². The number of hydrogen-bond donors (Lipinski definition) is 0. The molecule has 0 bridgehead atoms. The summed E-state index contributed by atoms with van der Waals surface area (Å²) in [6.45, 7) is 0.867. The summed E-state index contributed by atoms with van der Waals surface area (Å²) >= 11 is 7.38. The Balaban J connectivity index is 2.11. The van der Waals surface area contributed by atoms with Crippen molar-refractivity contribution in [2.24, 2.45) is 0 Å². The fourth-order valence-corrected chi connectivity index (χ4v) is 5.28. The van der Waals surface area contributed by atoms with Gasteiger partial charge in [0.1, 0.15) is 4.83 Å². The highest BCUT2D eigenvalue weighted by Gasteiger charge is 2.22. The molecule has 23 heavy (non-hydrogen) atoms. The molecule has 3 aromatic rings. The maximum absolute atomic E-state index is 12.9. The van der Waals surface area contributed by atoms with Crippen LogP contribution in [0.5, 0.6) is 0 Å². The molecule has 0 spiro atoms. The molecule has 2 heterocycles. The Morgan fingerprint density at radius 3 is 2.74 bits per heavy atom. The van der Waals surface area contributed by atoms with E-state index in [0.717, 1.165) is 28.7 Å². The van der Waals surface area contributed by atoms with Gasteiger partial charge >= 0.3 is 0 Å². The Bertz CT molecular complexity index is 942. The Labute approximate surface area is 145 Å². The van der Waals surface area contributed by atoms with Gasteiger partial charge in [-0.2, -0.15) is 0 Å². The largest absolute Gasteiger partial charge is 0.309 e. The highest BCUT2D eigenvalue weighted by atomic mass is 35.5. The summed E-state index contributed by atoms with van der Waals surface area (Å²) in [5, 5.41) is 3.34. The van der Waals surface area contributed by atoms with Crippen LogP contribution in [0.4, 0.5) is 0 Å². The van der Waals surface area contributed by atoms with Gasteiger partial charge in [0.05, 0.1) is 4.90 Å². The number of hydrogen-bond acceptors (Lipinski definition) is 4. The van der Waals surface area contributed by atoms with E-state index in [0.29, 0.717) is 5.02 Å². The van der Waals surface area contributed by atoms with Crippen LogP contribution in [-0.2, 0) is 16.4 Å². The van der Waals surface area contributed by atoms with Crippen molar-refractivity contribution in [3.63, 3.8) is 0 Å². The normalized spacial score (nSPS) is 12.3. The van der Waals surface area contributed by atoms with Gasteiger partial charge in [0.25, 0.3) is 10.0 Å². The molecule has 0 aliphatic carbocycles. The van der Waals surface area contributed by atoms with Crippen LogP contribution in [0, 0.1) is 0 Å². The third kappa shape index (κ3) is 3.17. The molecule has 7 heteroatoms. The second-order valence-electron chi connectivity index (χ2n) is 5.61. The van der Waals surface area contributed by atoms with Crippen LogP contribution in [0.15, 0.2) is 46.8 Å². The summed E-state index contributed by atoms with van der Waals surface area (Å²) in [4.78, 5) is 3.04. The van der Waals surface area contributed by atoms with Crippen molar-refractivity contribution >= 4 is 43.2 Å². The van der Waals surface area contributed by atoms with E-state index in [9.17, 15) is 8.42 Å². The Morgan fingerprint density at radius 2 is 2.04 bits per heavy atom. The minimum Gasteiger partial charge on any atom is -0.309 e. The second kappa shape index (κ2) is 6.28. The number of benzene rings is 1. The molecule has 0 saturated carbocycles. The van der Waals surface area contributed by atoms with Gasteiger partial charge in [-0.25, -0.2) is 12.4 Å². The molecule has 2 aromatic heterocycles. The standard InChI is InChI=1S/C16H17ClN2O2S2/c1-18(2)8-6-12-11-19(16-15(12)7-9-22-16)23(20,21)14-5-3-4-13(17)10-14/h3-5,7,9-11H,6,8H2,1-2H3. The van der Waals surface area contributed by atoms with Gasteiger partial charge in [0.15, 0.2) is 0 Å². The van der Waals surface area contributed by atoms with Gasteiger partial charge in [-0.1, -0.05) is 17.7 Å². The van der Waals surface area contributed by atoms with Crippen LogP contribution in [-0.4, -0.2) is 37.9 Å². The quantitative estimate of drug-likeness (QED) is 0.689. The van der Waals surface area contributed by atoms with Crippen molar-refractivity contribution in [1.82, 2.24) is 8.87 Å². The molecule has 4 nitrogen and oxygen atoms in total. The summed E-state index contributed by atoms with van der Waals surface area (Å²) in [6.07, 6.45) is 2.54. The van der Waals surface area contributed by atoms with E-state index in [-0.39, 0.29) is 4.90 Å². The molecule has 3 rings (SSSR count). The maximum Gasteiger partial charge on any atom is 0.268 e. The SMILES string of the molecule is CN(C)CCc1cn(S(=O)(=O)c2cccc(Cl)c2)c2sccc12. The number of rotatable bonds is 5. The van der Waals surface area contributed by atoms with Crippen LogP contribution in [0.25, 0.3) is 10.2 Å². The fraction of sp³-hybridized carbons (Fsp3) is 0.250. The third-order valence-corrected chi connectivity index (χ3v) is 6.56. The Morgan fingerprint density at radius 1 is 1.26 bits per heavy atom. The molecule has 0 fully saturated rings. The zero-order chi connectivity index (χ0) is 16.6. The van der Waals surface area contributed by atoms with Gasteiger partial charge in [-0.3, -0.25) is 0 Å². The van der Waals surface area contributed by atoms with Gasteiger partial charge in [0, 0.05) is 23.2 Å². The van der Waals surface area contributed by atoms with Crippen molar-refractivity contribution in [3.05, 3.63) is 52.5 Å². The van der Waals surface area contributed by atoms with Crippen LogP contribution < -0.4 is 0 Å². The Hall–Kier alpha value is -1.34. The molecule has 1 aromatic carbocycles. The van der Waals surface area contributed by atoms with E-state index >= 15 is 0 Å². The van der Waals surface area contributed by atoms with E-state index in [1.54, 1.807) is 24.4 Å². The molecule has 0 aliphatic rings. The van der Waals surface area contributed by atoms with E-state index in [1.165, 1.54) is 21.4 Å². The van der Waals surface area contributed by atoms with Crippen molar-refractivity contribution in [2.45, 2.75) is 11.3 Å². The Kier molecular flexibility index (Phi) is 4.51. The molecule has 0 aliphatic heterocycles. The van der Waals surface area contributed by atoms with E-state index in [4.69, 9.17) is 11.6 Å². The average Bonchev–Trinajstić information content (AvgIpc) is 3.07. The van der Waals surface area contributed by atoms with Crippen LogP contribution >= 0.6 is 22.9 Å². The molecule has 0 unspecified atom stereocenters. The lowest BCUT2D eigenvalue weighted by atomic mass is 10.2. The van der Waals surface area contributed by atoms with Crippen LogP contribution in [0.3, 0.4) is 0 Å². The summed E-state index contributed by atoms with van der Waals surface area (Å²) < 4.78 is 27.3. The van der Waals surface area contributed by atoms with Crippen molar-refractivity contribution in [3.8, 4) is 0 Å². The summed E-state index contributed by atoms with van der Waals surface area (Å²) in [7, 11) is 0.362. The fourth-order valence-electron chi connectivity index (χ4n) is 2.45. The third-order valence-electron chi connectivity index (χ3n) is 3.65. The molecule has 122 valence electrons. The molecule has 0 atom stereocenters. The molecular formula is C16H17ClN2O2S2. The predicted molar refractivity (Wildman–Crippen MR) is 96.1 cm³/mol. The number of thiophene rings is 1. The van der Waals surface area contributed by atoms with Crippen molar-refractivity contribution in [2.75, 3.05) is 20.6 Å². The summed E-state index contributed by atoms with van der Waals surface area (Å²) in [5.74, 6) is 0. The van der Waals surface area contributed by atoms with Crippen molar-refractivity contribution < 1.29 is 8.42 Å². The molecule has 0 N–H and O–H groups in total. The number of likely N-dealkylation sites (N-methyl/N-ethyl adjacent to an activating group) is 1. The van der Waals surface area contributed by atoms with Gasteiger partial charge < -0.3 is 4.90 Å².